The van der Waals surface area contributed by atoms with E-state index in [1.165, 1.54) is 6.07 Å². The molecule has 0 atom stereocenters. The molecule has 3 N–H and O–H groups in total. The van der Waals surface area contributed by atoms with Crippen molar-refractivity contribution in [2.75, 3.05) is 13.2 Å². The summed E-state index contributed by atoms with van der Waals surface area (Å²) in [7, 11) is 0. The van der Waals surface area contributed by atoms with E-state index in [-0.39, 0.29) is 23.3 Å². The molecular weight excluding hydrogens is 425 g/mol. The molecule has 0 unspecified atom stereocenters. The van der Waals surface area contributed by atoms with E-state index in [4.69, 9.17) is 44.9 Å². The van der Waals surface area contributed by atoms with Crippen molar-refractivity contribution in [3.05, 3.63) is 58.1 Å². The highest BCUT2D eigenvalue weighted by molar-refractivity contribution is 7.80. The third kappa shape index (κ3) is 7.59. The predicted octanol–water partition coefficient (Wildman–Crippen LogP) is 2.78. The molecule has 0 aliphatic rings. The highest BCUT2D eigenvalue weighted by atomic mass is 35.5. The van der Waals surface area contributed by atoms with Gasteiger partial charge >= 0.3 is 0 Å². The zero-order valence-corrected chi connectivity index (χ0v) is 17.1. The van der Waals surface area contributed by atoms with Crippen molar-refractivity contribution in [1.82, 2.24) is 16.2 Å². The molecule has 148 valence electrons. The number of nitrogens with one attached hydrogen (secondary N) is 3. The minimum Gasteiger partial charge on any atom is -0.484 e. The number of hydrogen-bond donors (Lipinski definition) is 3. The van der Waals surface area contributed by atoms with Gasteiger partial charge in [-0.15, -0.1) is 0 Å². The summed E-state index contributed by atoms with van der Waals surface area (Å²) in [4.78, 5) is 23.6. The van der Waals surface area contributed by atoms with Gasteiger partial charge in [-0.3, -0.25) is 25.8 Å². The molecule has 0 radical (unpaired) electrons. The number of halogens is 2. The van der Waals surface area contributed by atoms with Gasteiger partial charge in [0.05, 0.1) is 5.02 Å². The Kier molecular flexibility index (Phi) is 8.31. The minimum absolute atomic E-state index is 0.0873. The van der Waals surface area contributed by atoms with Gasteiger partial charge in [0.1, 0.15) is 11.5 Å². The topological polar surface area (TPSA) is 88.7 Å². The Balaban J connectivity index is 1.66. The molecule has 2 aromatic rings. The molecule has 0 aromatic heterocycles. The number of benzene rings is 2. The summed E-state index contributed by atoms with van der Waals surface area (Å²) < 4.78 is 10.6. The van der Waals surface area contributed by atoms with E-state index < -0.39 is 11.8 Å². The van der Waals surface area contributed by atoms with E-state index in [9.17, 15) is 9.59 Å². The molecular formula is C18H17Cl2N3O4S. The fourth-order valence-electron chi connectivity index (χ4n) is 1.95. The lowest BCUT2D eigenvalue weighted by molar-refractivity contribution is -0.124. The summed E-state index contributed by atoms with van der Waals surface area (Å²) >= 11 is 16.6. The molecule has 0 fully saturated rings. The van der Waals surface area contributed by atoms with Gasteiger partial charge in [0.25, 0.3) is 11.8 Å². The fourth-order valence-corrected chi connectivity index (χ4v) is 2.57. The Bertz CT molecular complexity index is 880. The van der Waals surface area contributed by atoms with Gasteiger partial charge in [0.2, 0.25) is 0 Å². The summed E-state index contributed by atoms with van der Waals surface area (Å²) in [6, 6.07) is 11.9. The minimum atomic E-state index is -0.529. The smallest absolute Gasteiger partial charge is 0.276 e. The predicted molar refractivity (Wildman–Crippen MR) is 111 cm³/mol. The van der Waals surface area contributed by atoms with Gasteiger partial charge in [-0.25, -0.2) is 0 Å². The average Bonchev–Trinajstić information content (AvgIpc) is 2.64. The fraction of sp³-hybridized carbons (Fsp3) is 0.167. The number of carbonyl (C=O) groups is 2. The molecule has 2 aromatic carbocycles. The van der Waals surface area contributed by atoms with Crippen LogP contribution in [0.5, 0.6) is 11.5 Å². The third-order valence-corrected chi connectivity index (χ3v) is 3.92. The number of aryl methyl sites for hydroxylation is 1. The second-order valence-corrected chi connectivity index (χ2v) is 6.77. The molecule has 0 saturated heterocycles. The van der Waals surface area contributed by atoms with Gasteiger partial charge in [0.15, 0.2) is 18.3 Å². The Hall–Kier alpha value is -2.55. The van der Waals surface area contributed by atoms with E-state index in [1.807, 2.05) is 19.1 Å². The molecule has 0 spiro atoms. The van der Waals surface area contributed by atoms with Crippen LogP contribution < -0.4 is 25.6 Å². The van der Waals surface area contributed by atoms with E-state index >= 15 is 0 Å². The number of rotatable bonds is 6. The van der Waals surface area contributed by atoms with E-state index in [0.717, 1.165) is 5.56 Å². The van der Waals surface area contributed by atoms with Crippen LogP contribution in [-0.2, 0) is 9.59 Å². The number of ether oxygens (including phenoxy) is 2. The maximum Gasteiger partial charge on any atom is 0.276 e. The first-order valence-corrected chi connectivity index (χ1v) is 9.16. The molecule has 0 saturated carbocycles. The number of hydrogen-bond acceptors (Lipinski definition) is 5. The number of carbonyl (C=O) groups excluding carboxylic acids is 2. The normalized spacial score (nSPS) is 9.96. The molecule has 10 heteroatoms. The van der Waals surface area contributed by atoms with Crippen molar-refractivity contribution in [2.24, 2.45) is 0 Å². The molecule has 28 heavy (non-hydrogen) atoms. The van der Waals surface area contributed by atoms with Crippen LogP contribution in [-0.4, -0.2) is 30.1 Å². The first-order valence-electron chi connectivity index (χ1n) is 7.99. The lowest BCUT2D eigenvalue weighted by Gasteiger charge is -2.12. The molecule has 0 heterocycles. The zero-order chi connectivity index (χ0) is 20.5. The van der Waals surface area contributed by atoms with Crippen molar-refractivity contribution in [2.45, 2.75) is 6.92 Å². The molecule has 0 aliphatic carbocycles. The summed E-state index contributed by atoms with van der Waals surface area (Å²) in [5.74, 6) is -0.123. The van der Waals surface area contributed by atoms with Crippen LogP contribution in [0.25, 0.3) is 0 Å². The summed E-state index contributed by atoms with van der Waals surface area (Å²) in [6.45, 7) is 1.37. The van der Waals surface area contributed by atoms with E-state index in [0.29, 0.717) is 16.5 Å². The van der Waals surface area contributed by atoms with Crippen LogP contribution in [0, 0.1) is 6.92 Å². The number of amides is 2. The van der Waals surface area contributed by atoms with Gasteiger partial charge < -0.3 is 9.47 Å². The first-order chi connectivity index (χ1) is 13.3. The lowest BCUT2D eigenvalue weighted by Crippen LogP contribution is -2.50. The molecule has 7 nitrogen and oxygen atoms in total. The molecule has 2 amide bonds. The summed E-state index contributed by atoms with van der Waals surface area (Å²) in [6.07, 6.45) is 0. The Labute approximate surface area is 177 Å². The number of thiocarbonyl (C=S) groups is 1. The Morgan fingerprint density at radius 3 is 2.46 bits per heavy atom. The summed E-state index contributed by atoms with van der Waals surface area (Å²) in [5.41, 5.74) is 5.70. The highest BCUT2D eigenvalue weighted by Crippen LogP contribution is 2.27. The van der Waals surface area contributed by atoms with Crippen molar-refractivity contribution < 1.29 is 19.1 Å². The first kappa shape index (κ1) is 21.7. The monoisotopic (exact) mass is 441 g/mol. The van der Waals surface area contributed by atoms with Crippen LogP contribution in [0.2, 0.25) is 10.0 Å². The van der Waals surface area contributed by atoms with Crippen LogP contribution >= 0.6 is 35.4 Å². The molecule has 2 rings (SSSR count). The second kappa shape index (κ2) is 10.7. The summed E-state index contributed by atoms with van der Waals surface area (Å²) in [5, 5.41) is 3.02. The van der Waals surface area contributed by atoms with Crippen molar-refractivity contribution in [3.63, 3.8) is 0 Å². The van der Waals surface area contributed by atoms with E-state index in [2.05, 4.69) is 16.2 Å². The van der Waals surface area contributed by atoms with Gasteiger partial charge in [0, 0.05) is 5.02 Å². The van der Waals surface area contributed by atoms with Crippen molar-refractivity contribution in [1.29, 1.82) is 0 Å². The van der Waals surface area contributed by atoms with Crippen molar-refractivity contribution in [3.8, 4) is 11.5 Å². The van der Waals surface area contributed by atoms with Gasteiger partial charge in [-0.05, 0) is 55.0 Å². The second-order valence-electron chi connectivity index (χ2n) is 5.52. The van der Waals surface area contributed by atoms with Gasteiger partial charge in [-0.2, -0.15) is 0 Å². The Morgan fingerprint density at radius 2 is 1.75 bits per heavy atom. The highest BCUT2D eigenvalue weighted by Gasteiger charge is 2.09. The standard InChI is InChI=1S/C18H17Cl2N3O4S/c1-11-3-2-4-13(7-11)26-9-16(24)21-18(28)23-22-17(25)10-27-15-6-5-12(19)8-14(15)20/h2-8H,9-10H2,1H3,(H,22,25)(H2,21,23,24,28). The quantitative estimate of drug-likeness (QED) is 0.471. The average molecular weight is 442 g/mol. The maximum absolute atomic E-state index is 11.8. The third-order valence-electron chi connectivity index (χ3n) is 3.18. The van der Waals surface area contributed by atoms with Crippen LogP contribution in [0.4, 0.5) is 0 Å². The van der Waals surface area contributed by atoms with Gasteiger partial charge in [-0.1, -0.05) is 35.3 Å². The zero-order valence-electron chi connectivity index (χ0n) is 14.8. The SMILES string of the molecule is Cc1cccc(OCC(=O)NC(=S)NNC(=O)COc2ccc(Cl)cc2Cl)c1. The number of hydrazine groups is 1. The van der Waals surface area contributed by atoms with Crippen LogP contribution in [0.3, 0.4) is 0 Å². The largest absolute Gasteiger partial charge is 0.484 e. The Morgan fingerprint density at radius 1 is 1.00 bits per heavy atom. The van der Waals surface area contributed by atoms with Crippen LogP contribution in [0.1, 0.15) is 5.56 Å². The van der Waals surface area contributed by atoms with E-state index in [1.54, 1.807) is 24.3 Å². The molecule has 0 aliphatic heterocycles. The maximum atomic E-state index is 11.8. The van der Waals surface area contributed by atoms with Crippen LogP contribution in [0.15, 0.2) is 42.5 Å². The lowest BCUT2D eigenvalue weighted by atomic mass is 10.2. The van der Waals surface area contributed by atoms with Crippen molar-refractivity contribution >= 4 is 52.3 Å². The molecule has 0 bridgehead atoms.